The Hall–Kier alpha value is -2.68. The average molecular weight is 804 g/mol. The third-order valence-electron chi connectivity index (χ3n) is 8.88. The molecule has 2 unspecified atom stereocenters. The first-order valence-electron chi connectivity index (χ1n) is 18.1. The molecule has 2 aliphatic heterocycles. The number of hydrogen-bond acceptors (Lipinski definition) is 14. The van der Waals surface area contributed by atoms with E-state index in [0.717, 1.165) is 24.8 Å². The summed E-state index contributed by atoms with van der Waals surface area (Å²) in [5.41, 5.74) is 0.820. The van der Waals surface area contributed by atoms with Crippen LogP contribution in [0.25, 0.3) is 0 Å². The first-order valence-corrected chi connectivity index (χ1v) is 20.7. The van der Waals surface area contributed by atoms with Gasteiger partial charge in [0, 0.05) is 45.7 Å². The van der Waals surface area contributed by atoms with Crippen LogP contribution in [0.2, 0.25) is 0 Å². The number of urea groups is 1. The maximum Gasteiger partial charge on any atom is 0.508 e. The normalized spacial score (nSPS) is 27.9. The second-order valence-corrected chi connectivity index (χ2v) is 15.9. The van der Waals surface area contributed by atoms with E-state index in [4.69, 9.17) is 44.5 Å². The Morgan fingerprint density at radius 2 is 1.69 bits per heavy atom. The van der Waals surface area contributed by atoms with Crippen molar-refractivity contribution in [3.63, 3.8) is 0 Å². The number of amides is 3. The van der Waals surface area contributed by atoms with Gasteiger partial charge in [0.1, 0.15) is 57.6 Å². The first-order chi connectivity index (χ1) is 25.8. The second-order valence-electron chi connectivity index (χ2n) is 13.0. The van der Waals surface area contributed by atoms with Gasteiger partial charge in [0.2, 0.25) is 5.91 Å². The molecule has 3 rings (SSSR count). The van der Waals surface area contributed by atoms with Gasteiger partial charge in [0.05, 0.1) is 6.61 Å². The number of carbonyl (C=O) groups is 3. The number of rotatable bonds is 22. The topological polar surface area (TPSA) is 233 Å². The van der Waals surface area contributed by atoms with Crippen LogP contribution in [-0.4, -0.2) is 135 Å². The fourth-order valence-electron chi connectivity index (χ4n) is 5.97. The largest absolute Gasteiger partial charge is 0.508 e. The second kappa shape index (κ2) is 24.1. The number of nitrogens with one attached hydrogen (secondary N) is 3. The predicted octanol–water partition coefficient (Wildman–Crippen LogP) is 0.719. The van der Waals surface area contributed by atoms with Crippen LogP contribution in [0.3, 0.4) is 0 Å². The Balaban J connectivity index is 1.29. The SMILES string of the molecule is B[C@@H]1O[C@H](COC(=O)OCc2ccccc2)C(OP(O)(=S)OC)[C@@H]1C/C=C/CCCCNC(=O)NCCCCO[C@@H]1O[C@H](CO)[C@H](O)[C@H](O)[C@H]1NC(C)=O. The van der Waals surface area contributed by atoms with Gasteiger partial charge in [0.15, 0.2) is 6.29 Å². The zero-order valence-electron chi connectivity index (χ0n) is 30.9. The van der Waals surface area contributed by atoms with Crippen LogP contribution >= 0.6 is 6.72 Å². The molecule has 0 saturated carbocycles. The van der Waals surface area contributed by atoms with Crippen LogP contribution in [0, 0.1) is 5.92 Å². The molecule has 2 heterocycles. The minimum absolute atomic E-state index is 0.0638. The maximum atomic E-state index is 12.2. The molecule has 2 fully saturated rings. The van der Waals surface area contributed by atoms with Crippen LogP contribution in [0.15, 0.2) is 42.5 Å². The van der Waals surface area contributed by atoms with Gasteiger partial charge in [-0.25, -0.2) is 9.59 Å². The number of allylic oxidation sites excluding steroid dienone is 2. The van der Waals surface area contributed by atoms with Gasteiger partial charge in [-0.2, -0.15) is 0 Å². The number of ether oxygens (including phenoxy) is 5. The standard InChI is InChI=1S/C34H55BN3O14PS/c1-22(40)38-27-29(42)28(41)25(19-39)51-32(27)47-18-12-11-17-37-33(43)36-16-10-5-3-4-9-15-24-30(52-53(45,54)46-2)26(50-31(24)35)21-49-34(44)48-20-23-13-7-6-8-14-23/h4,6-9,13-14,24-32,39,41-42H,3,5,10-12,15-21,35H2,1-2H3,(H,38,40)(H,45,54)(H2,36,37,43)/b9-4+/t24-,25+,26+,27+,28-,29+,30?,31+,32+,53?/m0/s1. The van der Waals surface area contributed by atoms with Crippen molar-refractivity contribution in [2.75, 3.05) is 40.0 Å². The Morgan fingerprint density at radius 1 is 0.981 bits per heavy atom. The van der Waals surface area contributed by atoms with Gasteiger partial charge in [0.25, 0.3) is 0 Å². The van der Waals surface area contributed by atoms with E-state index in [1.54, 1.807) is 0 Å². The van der Waals surface area contributed by atoms with E-state index in [0.29, 0.717) is 32.4 Å². The van der Waals surface area contributed by atoms with Gasteiger partial charge >= 0.3 is 18.9 Å². The highest BCUT2D eigenvalue weighted by molar-refractivity contribution is 8.07. The van der Waals surface area contributed by atoms with Crippen molar-refractivity contribution in [2.24, 2.45) is 5.92 Å². The maximum absolute atomic E-state index is 12.2. The van der Waals surface area contributed by atoms with Crippen LogP contribution < -0.4 is 16.0 Å². The van der Waals surface area contributed by atoms with Crippen molar-refractivity contribution in [1.29, 1.82) is 0 Å². The quantitative estimate of drug-likeness (QED) is 0.0282. The Morgan fingerprint density at radius 3 is 2.35 bits per heavy atom. The van der Waals surface area contributed by atoms with Gasteiger partial charge in [-0.1, -0.05) is 42.5 Å². The van der Waals surface area contributed by atoms with Crippen molar-refractivity contribution in [1.82, 2.24) is 16.0 Å². The number of hydrogen-bond donors (Lipinski definition) is 7. The number of unbranched alkanes of at least 4 members (excludes halogenated alkanes) is 3. The summed E-state index contributed by atoms with van der Waals surface area (Å²) >= 11 is 5.10. The summed E-state index contributed by atoms with van der Waals surface area (Å²) in [6.07, 6.45) is 1.00. The van der Waals surface area contributed by atoms with Crippen molar-refractivity contribution >= 4 is 44.5 Å². The average Bonchev–Trinajstić information content (AvgIpc) is 3.43. The molecule has 2 saturated heterocycles. The third kappa shape index (κ3) is 15.8. The number of aliphatic hydroxyl groups is 3. The molecule has 0 spiro atoms. The molecular formula is C34H55BN3O14PS. The van der Waals surface area contributed by atoms with Crippen LogP contribution in [-0.2, 0) is 55.9 Å². The molecule has 0 bridgehead atoms. The van der Waals surface area contributed by atoms with E-state index in [-0.39, 0.29) is 37.8 Å². The molecule has 0 aromatic heterocycles. The van der Waals surface area contributed by atoms with E-state index < -0.39 is 68.2 Å². The van der Waals surface area contributed by atoms with E-state index in [1.807, 2.05) is 50.3 Å². The van der Waals surface area contributed by atoms with E-state index in [2.05, 4.69) is 16.0 Å². The molecule has 0 aliphatic carbocycles. The highest BCUT2D eigenvalue weighted by Crippen LogP contribution is 2.48. The molecule has 3 amide bonds. The zero-order valence-corrected chi connectivity index (χ0v) is 32.7. The van der Waals surface area contributed by atoms with E-state index in [1.165, 1.54) is 14.0 Å². The molecule has 7 N–H and O–H groups in total. The number of aliphatic hydroxyl groups excluding tert-OH is 3. The minimum atomic E-state index is -3.55. The van der Waals surface area contributed by atoms with Crippen molar-refractivity contribution in [2.45, 2.75) is 101 Å². The van der Waals surface area contributed by atoms with Gasteiger partial charge in [-0.15, -0.1) is 0 Å². The molecule has 1 aromatic carbocycles. The van der Waals surface area contributed by atoms with Crippen LogP contribution in [0.4, 0.5) is 9.59 Å². The van der Waals surface area contributed by atoms with Crippen molar-refractivity contribution < 1.29 is 67.3 Å². The molecule has 17 nitrogen and oxygen atoms in total. The van der Waals surface area contributed by atoms with Gasteiger partial charge < -0.3 is 68.9 Å². The lowest BCUT2D eigenvalue weighted by Gasteiger charge is -2.42. The molecule has 1 aromatic rings. The fourth-order valence-corrected chi connectivity index (χ4v) is 6.96. The first kappa shape index (κ1) is 45.7. The highest BCUT2D eigenvalue weighted by Gasteiger charge is 2.46. The summed E-state index contributed by atoms with van der Waals surface area (Å²) in [7, 11) is 3.15. The lowest BCUT2D eigenvalue weighted by Crippen LogP contribution is -2.64. The fraction of sp³-hybridized carbons (Fsp3) is 0.676. The van der Waals surface area contributed by atoms with Crippen LogP contribution in [0.5, 0.6) is 0 Å². The summed E-state index contributed by atoms with van der Waals surface area (Å²) in [4.78, 5) is 46.4. The molecule has 0 radical (unpaired) electrons. The van der Waals surface area contributed by atoms with Crippen molar-refractivity contribution in [3.05, 3.63) is 48.0 Å². The number of benzene rings is 1. The molecule has 54 heavy (non-hydrogen) atoms. The number of carbonyl (C=O) groups excluding carboxylic acids is 3. The van der Waals surface area contributed by atoms with Gasteiger partial charge in [-0.3, -0.25) is 4.79 Å². The summed E-state index contributed by atoms with van der Waals surface area (Å²) in [6, 6.07) is 7.63. The summed E-state index contributed by atoms with van der Waals surface area (Å²) in [5.74, 6) is -0.628. The Kier molecular flexibility index (Phi) is 20.4. The summed E-state index contributed by atoms with van der Waals surface area (Å²) in [6.45, 7) is -1.81. The molecule has 2 aliphatic rings. The molecule has 10 atom stereocenters. The lowest BCUT2D eigenvalue weighted by molar-refractivity contribution is -0.270. The van der Waals surface area contributed by atoms with Crippen molar-refractivity contribution in [3.8, 4) is 0 Å². The third-order valence-corrected chi connectivity index (χ3v) is 10.6. The predicted molar refractivity (Wildman–Crippen MR) is 201 cm³/mol. The zero-order chi connectivity index (χ0) is 39.5. The Bertz CT molecular complexity index is 1370. The van der Waals surface area contributed by atoms with Gasteiger partial charge in [-0.05, 0) is 55.9 Å². The summed E-state index contributed by atoms with van der Waals surface area (Å²) in [5, 5.41) is 38.0. The minimum Gasteiger partial charge on any atom is -0.431 e. The van der Waals surface area contributed by atoms with E-state index >= 15 is 0 Å². The Labute approximate surface area is 322 Å². The highest BCUT2D eigenvalue weighted by atomic mass is 32.5. The monoisotopic (exact) mass is 803 g/mol. The molecular weight excluding hydrogens is 748 g/mol. The smallest absolute Gasteiger partial charge is 0.431 e. The van der Waals surface area contributed by atoms with Crippen LogP contribution in [0.1, 0.15) is 51.0 Å². The molecule has 20 heteroatoms. The molecule has 304 valence electrons. The van der Waals surface area contributed by atoms with E-state index in [9.17, 15) is 34.6 Å². The summed E-state index contributed by atoms with van der Waals surface area (Å²) < 4.78 is 38.5. The lowest BCUT2D eigenvalue weighted by atomic mass is 9.82.